The summed E-state index contributed by atoms with van der Waals surface area (Å²) in [6.07, 6.45) is 0. The molecule has 0 fully saturated rings. The Morgan fingerprint density at radius 2 is 2.10 bits per heavy atom. The van der Waals surface area contributed by atoms with Gasteiger partial charge in [0.1, 0.15) is 11.6 Å². The topological polar surface area (TPSA) is 72.3 Å². The number of carboxylic acid groups (broad SMARTS) is 1. The van der Waals surface area contributed by atoms with Crippen LogP contribution in [0.3, 0.4) is 0 Å². The minimum atomic E-state index is -1.32. The van der Waals surface area contributed by atoms with Crippen LogP contribution in [0.25, 0.3) is 0 Å². The molecular weight excluding hydrogens is 283 g/mol. The van der Waals surface area contributed by atoms with Crippen LogP contribution in [-0.2, 0) is 5.41 Å². The van der Waals surface area contributed by atoms with Crippen molar-refractivity contribution < 1.29 is 19.0 Å². The van der Waals surface area contributed by atoms with Crippen molar-refractivity contribution in [1.82, 2.24) is 9.36 Å². The lowest BCUT2D eigenvalue weighted by Gasteiger charge is -2.12. The Morgan fingerprint density at radius 3 is 2.60 bits per heavy atom. The summed E-state index contributed by atoms with van der Waals surface area (Å²) >= 11 is 1.07. The van der Waals surface area contributed by atoms with E-state index in [4.69, 9.17) is 9.84 Å². The van der Waals surface area contributed by atoms with E-state index in [1.165, 1.54) is 6.07 Å². The first-order chi connectivity index (χ1) is 9.27. The second-order valence-electron chi connectivity index (χ2n) is 5.18. The first-order valence-corrected chi connectivity index (χ1v) is 6.59. The molecule has 0 saturated carbocycles. The third-order valence-corrected chi connectivity index (χ3v) is 3.05. The van der Waals surface area contributed by atoms with E-state index in [1.807, 2.05) is 20.8 Å². The number of aromatic carboxylic acids is 1. The fourth-order valence-corrected chi connectivity index (χ4v) is 2.13. The molecule has 0 radical (unpaired) electrons. The highest BCUT2D eigenvalue weighted by Gasteiger charge is 2.20. The molecule has 0 aliphatic carbocycles. The van der Waals surface area contributed by atoms with Crippen molar-refractivity contribution >= 4 is 17.5 Å². The molecule has 1 aromatic heterocycles. The molecule has 1 N–H and O–H groups in total. The number of nitrogens with zero attached hydrogens (tertiary/aromatic N) is 2. The number of carboxylic acids is 1. The van der Waals surface area contributed by atoms with Gasteiger partial charge in [0.15, 0.2) is 5.82 Å². The highest BCUT2D eigenvalue weighted by molar-refractivity contribution is 7.07. The molecule has 5 nitrogen and oxygen atoms in total. The third kappa shape index (κ3) is 3.11. The van der Waals surface area contributed by atoms with Crippen molar-refractivity contribution in [2.75, 3.05) is 0 Å². The van der Waals surface area contributed by atoms with Crippen LogP contribution in [0, 0.1) is 5.82 Å². The number of ether oxygens (including phenoxy) is 1. The summed E-state index contributed by atoms with van der Waals surface area (Å²) < 4.78 is 23.1. The lowest BCUT2D eigenvalue weighted by Crippen LogP contribution is -2.12. The lowest BCUT2D eigenvalue weighted by atomic mass is 9.96. The van der Waals surface area contributed by atoms with Crippen molar-refractivity contribution in [3.8, 4) is 10.9 Å². The third-order valence-electron chi connectivity index (χ3n) is 2.45. The number of aromatic nitrogens is 2. The molecule has 0 saturated heterocycles. The summed E-state index contributed by atoms with van der Waals surface area (Å²) in [6, 6.07) is 3.55. The van der Waals surface area contributed by atoms with E-state index >= 15 is 0 Å². The van der Waals surface area contributed by atoms with E-state index < -0.39 is 17.3 Å². The molecule has 0 spiro atoms. The Bertz CT molecular complexity index is 649. The molecule has 1 heterocycles. The minimum absolute atomic E-state index is 0.184. The SMILES string of the molecule is CC(C)(C)c1nsc(Oc2ccc(C(=O)O)c(F)c2)n1. The quantitative estimate of drug-likeness (QED) is 0.939. The Labute approximate surface area is 119 Å². The lowest BCUT2D eigenvalue weighted by molar-refractivity contribution is 0.0692. The fraction of sp³-hybridized carbons (Fsp3) is 0.308. The van der Waals surface area contributed by atoms with Gasteiger partial charge in [-0.1, -0.05) is 20.8 Å². The normalized spacial score (nSPS) is 11.4. The Balaban J connectivity index is 2.20. The smallest absolute Gasteiger partial charge is 0.338 e. The first-order valence-electron chi connectivity index (χ1n) is 5.82. The van der Waals surface area contributed by atoms with E-state index in [0.29, 0.717) is 5.82 Å². The average Bonchev–Trinajstić information content (AvgIpc) is 2.76. The maximum absolute atomic E-state index is 13.5. The van der Waals surface area contributed by atoms with Crippen LogP contribution in [0.5, 0.6) is 10.9 Å². The van der Waals surface area contributed by atoms with Gasteiger partial charge in [0, 0.05) is 23.0 Å². The molecule has 0 amide bonds. The van der Waals surface area contributed by atoms with Gasteiger partial charge in [-0.25, -0.2) is 9.18 Å². The van der Waals surface area contributed by atoms with Gasteiger partial charge in [-0.2, -0.15) is 9.36 Å². The maximum Gasteiger partial charge on any atom is 0.338 e. The van der Waals surface area contributed by atoms with E-state index in [9.17, 15) is 9.18 Å². The van der Waals surface area contributed by atoms with Gasteiger partial charge in [-0.3, -0.25) is 0 Å². The summed E-state index contributed by atoms with van der Waals surface area (Å²) in [5.41, 5.74) is -0.596. The summed E-state index contributed by atoms with van der Waals surface area (Å²) in [5.74, 6) is -1.35. The molecule has 0 atom stereocenters. The van der Waals surface area contributed by atoms with Gasteiger partial charge in [-0.15, -0.1) is 0 Å². The molecular formula is C13H13FN2O3S. The number of carbonyl (C=O) groups is 1. The molecule has 1 aromatic carbocycles. The zero-order valence-corrected chi connectivity index (χ0v) is 12.0. The molecule has 0 bridgehead atoms. The first kappa shape index (κ1) is 14.4. The Hall–Kier alpha value is -2.02. The second-order valence-corrected chi connectivity index (χ2v) is 5.90. The zero-order chi connectivity index (χ0) is 14.9. The molecule has 2 rings (SSSR count). The predicted octanol–water partition coefficient (Wildman–Crippen LogP) is 3.47. The van der Waals surface area contributed by atoms with Crippen LogP contribution < -0.4 is 4.74 Å². The largest absolute Gasteiger partial charge is 0.478 e. The van der Waals surface area contributed by atoms with Crippen molar-refractivity contribution in [2.24, 2.45) is 0 Å². The highest BCUT2D eigenvalue weighted by atomic mass is 32.1. The number of benzene rings is 1. The van der Waals surface area contributed by atoms with Gasteiger partial charge >= 0.3 is 5.97 Å². The van der Waals surface area contributed by atoms with E-state index in [0.717, 1.165) is 23.7 Å². The van der Waals surface area contributed by atoms with Crippen LogP contribution in [0.1, 0.15) is 37.0 Å². The molecule has 0 aliphatic heterocycles. The van der Waals surface area contributed by atoms with Gasteiger partial charge in [0.05, 0.1) is 5.56 Å². The number of hydrogen-bond donors (Lipinski definition) is 1. The summed E-state index contributed by atoms with van der Waals surface area (Å²) in [6.45, 7) is 5.92. The van der Waals surface area contributed by atoms with Gasteiger partial charge in [0.25, 0.3) is 5.19 Å². The summed E-state index contributed by atoms with van der Waals surface area (Å²) in [4.78, 5) is 14.9. The van der Waals surface area contributed by atoms with Crippen molar-refractivity contribution in [2.45, 2.75) is 26.2 Å². The fourth-order valence-electron chi connectivity index (χ4n) is 1.39. The van der Waals surface area contributed by atoms with Crippen LogP contribution >= 0.6 is 11.5 Å². The van der Waals surface area contributed by atoms with Gasteiger partial charge in [-0.05, 0) is 12.1 Å². The predicted molar refractivity (Wildman–Crippen MR) is 72.0 cm³/mol. The van der Waals surface area contributed by atoms with Crippen LogP contribution in [0.2, 0.25) is 0 Å². The van der Waals surface area contributed by atoms with Crippen LogP contribution in [-0.4, -0.2) is 20.4 Å². The van der Waals surface area contributed by atoms with E-state index in [-0.39, 0.29) is 16.4 Å². The number of hydrogen-bond acceptors (Lipinski definition) is 5. The van der Waals surface area contributed by atoms with Crippen LogP contribution in [0.4, 0.5) is 4.39 Å². The summed E-state index contributed by atoms with van der Waals surface area (Å²) in [7, 11) is 0. The van der Waals surface area contributed by atoms with E-state index in [1.54, 1.807) is 0 Å². The van der Waals surface area contributed by atoms with Crippen molar-refractivity contribution in [3.05, 3.63) is 35.4 Å². The van der Waals surface area contributed by atoms with Crippen LogP contribution in [0.15, 0.2) is 18.2 Å². The minimum Gasteiger partial charge on any atom is -0.478 e. The average molecular weight is 296 g/mol. The highest BCUT2D eigenvalue weighted by Crippen LogP contribution is 2.28. The van der Waals surface area contributed by atoms with E-state index in [2.05, 4.69) is 9.36 Å². The van der Waals surface area contributed by atoms with Crippen molar-refractivity contribution in [1.29, 1.82) is 0 Å². The maximum atomic E-state index is 13.5. The Morgan fingerprint density at radius 1 is 1.40 bits per heavy atom. The standard InChI is InChI=1S/C13H13FN2O3S/c1-13(2,3)11-15-12(20-16-11)19-7-4-5-8(10(17)18)9(14)6-7/h4-6H,1-3H3,(H,17,18). The summed E-state index contributed by atoms with van der Waals surface area (Å²) in [5, 5.41) is 9.03. The second kappa shape index (κ2) is 5.16. The van der Waals surface area contributed by atoms with Gasteiger partial charge in [0.2, 0.25) is 0 Å². The molecule has 7 heteroatoms. The van der Waals surface area contributed by atoms with Crippen molar-refractivity contribution in [3.63, 3.8) is 0 Å². The zero-order valence-electron chi connectivity index (χ0n) is 11.2. The number of rotatable bonds is 3. The molecule has 0 aliphatic rings. The number of halogens is 1. The Kier molecular flexibility index (Phi) is 3.71. The monoisotopic (exact) mass is 296 g/mol. The van der Waals surface area contributed by atoms with Gasteiger partial charge < -0.3 is 9.84 Å². The molecule has 106 valence electrons. The molecule has 2 aromatic rings. The molecule has 0 unspecified atom stereocenters. The molecule has 20 heavy (non-hydrogen) atoms.